The highest BCUT2D eigenvalue weighted by Gasteiger charge is 2.22. The van der Waals surface area contributed by atoms with Gasteiger partial charge in [0.05, 0.1) is 10.4 Å². The van der Waals surface area contributed by atoms with Crippen molar-refractivity contribution in [2.75, 3.05) is 19.0 Å². The van der Waals surface area contributed by atoms with Gasteiger partial charge in [0.25, 0.3) is 5.82 Å². The zero-order valence-electron chi connectivity index (χ0n) is 14.3. The highest BCUT2D eigenvalue weighted by molar-refractivity contribution is 7.13. The number of nitrogens with one attached hydrogen (secondary N) is 2. The number of nitrogens with zero attached hydrogens (tertiary/aromatic N) is 1. The molecule has 4 rings (SSSR count). The monoisotopic (exact) mass is 346 g/mol. The van der Waals surface area contributed by atoms with Gasteiger partial charge in [-0.05, 0) is 35.7 Å². The number of imidazole rings is 1. The summed E-state index contributed by atoms with van der Waals surface area (Å²) in [4.78, 5) is 10.5. The average molecular weight is 346 g/mol. The van der Waals surface area contributed by atoms with E-state index in [9.17, 15) is 0 Å². The minimum atomic E-state index is 1.02. The summed E-state index contributed by atoms with van der Waals surface area (Å²) in [6.07, 6.45) is 0. The Bertz CT molecular complexity index is 952. The molecule has 0 aliphatic rings. The summed E-state index contributed by atoms with van der Waals surface area (Å²) in [5.74, 6) is 1.02. The van der Waals surface area contributed by atoms with Gasteiger partial charge in [0, 0.05) is 25.3 Å². The van der Waals surface area contributed by atoms with Crippen LogP contribution in [0.2, 0.25) is 0 Å². The maximum absolute atomic E-state index is 3.59. The first kappa shape index (κ1) is 15.7. The third-order valence-electron chi connectivity index (χ3n) is 4.25. The van der Waals surface area contributed by atoms with Gasteiger partial charge >= 0.3 is 0 Å². The lowest BCUT2D eigenvalue weighted by atomic mass is 10.1. The Labute approximate surface area is 151 Å². The van der Waals surface area contributed by atoms with E-state index in [1.54, 1.807) is 11.3 Å². The number of hydrogen-bond acceptors (Lipinski definition) is 2. The molecule has 0 amide bonds. The molecule has 0 radical (unpaired) electrons. The summed E-state index contributed by atoms with van der Waals surface area (Å²) in [6, 6.07) is 23.2. The summed E-state index contributed by atoms with van der Waals surface area (Å²) in [6.45, 7) is 0. The fraction of sp³-hybridized carbons (Fsp3) is 0.0952. The fourth-order valence-electron chi connectivity index (χ4n) is 2.90. The van der Waals surface area contributed by atoms with E-state index in [1.165, 1.54) is 16.1 Å². The third kappa shape index (κ3) is 3.08. The molecule has 2 heterocycles. The second-order valence-electron chi connectivity index (χ2n) is 6.16. The van der Waals surface area contributed by atoms with Gasteiger partial charge in [0.2, 0.25) is 0 Å². The van der Waals surface area contributed by atoms with Crippen molar-refractivity contribution >= 4 is 17.0 Å². The summed E-state index contributed by atoms with van der Waals surface area (Å²) in [5, 5.41) is 2.11. The molecule has 25 heavy (non-hydrogen) atoms. The molecule has 124 valence electrons. The highest BCUT2D eigenvalue weighted by atomic mass is 32.1. The molecule has 0 aliphatic heterocycles. The van der Waals surface area contributed by atoms with Crippen LogP contribution in [0.1, 0.15) is 0 Å². The van der Waals surface area contributed by atoms with Gasteiger partial charge < -0.3 is 4.90 Å². The molecule has 3 nitrogen and oxygen atoms in total. The van der Waals surface area contributed by atoms with Crippen LogP contribution in [0.25, 0.3) is 33.2 Å². The van der Waals surface area contributed by atoms with Crippen molar-refractivity contribution < 1.29 is 4.98 Å². The maximum atomic E-state index is 3.59. The lowest BCUT2D eigenvalue weighted by Crippen LogP contribution is -2.09. The van der Waals surface area contributed by atoms with E-state index in [0.29, 0.717) is 0 Å². The summed E-state index contributed by atoms with van der Waals surface area (Å²) < 4.78 is 0. The van der Waals surface area contributed by atoms with E-state index in [0.717, 1.165) is 22.8 Å². The van der Waals surface area contributed by atoms with Crippen LogP contribution in [0, 0.1) is 0 Å². The molecular weight excluding hydrogens is 326 g/mol. The first-order chi connectivity index (χ1) is 12.2. The standard InChI is InChI=1S/C21H19N3S/c1-24(2)17-12-10-16(11-13-17)21-22-19(15-7-4-3-5-8-15)20(23-21)18-9-6-14-25-18/h3-14H,1-2H3,(H,22,23)/p+1. The van der Waals surface area contributed by atoms with Crippen molar-refractivity contribution in [3.05, 3.63) is 72.1 Å². The number of thiophene rings is 1. The average Bonchev–Trinajstić information content (AvgIpc) is 3.32. The van der Waals surface area contributed by atoms with Crippen molar-refractivity contribution in [2.45, 2.75) is 0 Å². The van der Waals surface area contributed by atoms with Gasteiger partial charge in [-0.25, -0.2) is 9.97 Å². The molecule has 4 aromatic rings. The van der Waals surface area contributed by atoms with E-state index in [4.69, 9.17) is 0 Å². The summed E-state index contributed by atoms with van der Waals surface area (Å²) in [5.41, 5.74) is 5.77. The van der Waals surface area contributed by atoms with E-state index < -0.39 is 0 Å². The molecule has 0 unspecified atom stereocenters. The maximum Gasteiger partial charge on any atom is 0.285 e. The zero-order chi connectivity index (χ0) is 17.2. The Hall–Kier alpha value is -2.85. The van der Waals surface area contributed by atoms with Crippen LogP contribution in [0.4, 0.5) is 5.69 Å². The number of rotatable bonds is 4. The lowest BCUT2D eigenvalue weighted by Gasteiger charge is -2.11. The van der Waals surface area contributed by atoms with Crippen LogP contribution in [0.15, 0.2) is 72.1 Å². The van der Waals surface area contributed by atoms with E-state index in [2.05, 4.69) is 95.0 Å². The molecule has 0 bridgehead atoms. The fourth-order valence-corrected chi connectivity index (χ4v) is 3.64. The van der Waals surface area contributed by atoms with Gasteiger partial charge in [0.15, 0.2) is 11.4 Å². The van der Waals surface area contributed by atoms with Gasteiger partial charge in [-0.3, -0.25) is 0 Å². The molecule has 2 aromatic heterocycles. The van der Waals surface area contributed by atoms with Crippen molar-refractivity contribution in [3.8, 4) is 33.2 Å². The molecule has 0 spiro atoms. The van der Waals surface area contributed by atoms with Crippen molar-refractivity contribution in [1.82, 2.24) is 4.98 Å². The van der Waals surface area contributed by atoms with Gasteiger partial charge in [0.1, 0.15) is 0 Å². The Kier molecular flexibility index (Phi) is 4.12. The van der Waals surface area contributed by atoms with Crippen LogP contribution >= 0.6 is 11.3 Å². The number of aromatic amines is 2. The van der Waals surface area contributed by atoms with Crippen molar-refractivity contribution in [3.63, 3.8) is 0 Å². The predicted molar refractivity (Wildman–Crippen MR) is 106 cm³/mol. The summed E-state index contributed by atoms with van der Waals surface area (Å²) in [7, 11) is 4.11. The van der Waals surface area contributed by atoms with Gasteiger partial charge in [-0.2, -0.15) is 0 Å². The Morgan fingerprint density at radius 3 is 2.24 bits per heavy atom. The minimum Gasteiger partial charge on any atom is -0.378 e. The van der Waals surface area contributed by atoms with Crippen LogP contribution in [0.5, 0.6) is 0 Å². The SMILES string of the molecule is CN(C)c1ccc(-c2[nH]c(-c3cccs3)c(-c3ccccc3)[nH+]2)cc1. The topological polar surface area (TPSA) is 33.2 Å². The largest absolute Gasteiger partial charge is 0.378 e. The van der Waals surface area contributed by atoms with Gasteiger partial charge in [-0.1, -0.05) is 36.4 Å². The quantitative estimate of drug-likeness (QED) is 0.557. The number of hydrogen-bond donors (Lipinski definition) is 1. The lowest BCUT2D eigenvalue weighted by molar-refractivity contribution is -0.349. The van der Waals surface area contributed by atoms with E-state index in [-0.39, 0.29) is 0 Å². The van der Waals surface area contributed by atoms with Crippen molar-refractivity contribution in [2.24, 2.45) is 0 Å². The number of anilines is 1. The number of H-pyrrole nitrogens is 2. The molecule has 0 aliphatic carbocycles. The normalized spacial score (nSPS) is 10.8. The molecule has 0 fully saturated rings. The number of aromatic nitrogens is 2. The number of benzene rings is 2. The Morgan fingerprint density at radius 2 is 1.60 bits per heavy atom. The first-order valence-corrected chi connectivity index (χ1v) is 9.12. The molecule has 2 aromatic carbocycles. The van der Waals surface area contributed by atoms with Crippen LogP contribution < -0.4 is 9.88 Å². The Balaban J connectivity index is 1.82. The van der Waals surface area contributed by atoms with E-state index >= 15 is 0 Å². The molecular formula is C21H20N3S+. The second kappa shape index (κ2) is 6.57. The van der Waals surface area contributed by atoms with Crippen LogP contribution in [-0.2, 0) is 0 Å². The molecule has 2 N–H and O–H groups in total. The first-order valence-electron chi connectivity index (χ1n) is 8.25. The minimum absolute atomic E-state index is 1.02. The third-order valence-corrected chi connectivity index (χ3v) is 5.14. The zero-order valence-corrected chi connectivity index (χ0v) is 15.1. The van der Waals surface area contributed by atoms with E-state index in [1.807, 2.05) is 6.07 Å². The van der Waals surface area contributed by atoms with Crippen molar-refractivity contribution in [1.29, 1.82) is 0 Å². The van der Waals surface area contributed by atoms with Gasteiger partial charge in [-0.15, -0.1) is 11.3 Å². The molecule has 0 saturated heterocycles. The van der Waals surface area contributed by atoms with Crippen LogP contribution in [0.3, 0.4) is 0 Å². The molecule has 0 saturated carbocycles. The highest BCUT2D eigenvalue weighted by Crippen LogP contribution is 2.32. The molecule has 0 atom stereocenters. The second-order valence-corrected chi connectivity index (χ2v) is 7.11. The molecule has 4 heteroatoms. The predicted octanol–water partition coefficient (Wildman–Crippen LogP) is 4.96. The summed E-state index contributed by atoms with van der Waals surface area (Å²) >= 11 is 1.74. The Morgan fingerprint density at radius 1 is 0.840 bits per heavy atom. The smallest absolute Gasteiger partial charge is 0.285 e. The van der Waals surface area contributed by atoms with Crippen LogP contribution in [-0.4, -0.2) is 19.1 Å².